The maximum atomic E-state index is 4.93. The number of benzene rings is 5. The Morgan fingerprint density at radius 3 is 2.27 bits per heavy atom. The fourth-order valence-electron chi connectivity index (χ4n) is 10.4. The van der Waals surface area contributed by atoms with Gasteiger partial charge < -0.3 is 14.4 Å². The fourth-order valence-corrected chi connectivity index (χ4v) is 10.4. The van der Waals surface area contributed by atoms with Crippen LogP contribution in [0.4, 0.5) is 22.7 Å². The van der Waals surface area contributed by atoms with Crippen molar-refractivity contribution in [2.45, 2.75) is 31.1 Å². The Labute approximate surface area is 370 Å². The molecule has 5 aliphatic rings. The monoisotopic (exact) mass is 812 g/mol. The molecule has 2 aromatic heterocycles. The third-order valence-corrected chi connectivity index (χ3v) is 13.7. The van der Waals surface area contributed by atoms with E-state index in [1.54, 1.807) is 0 Å². The quantitative estimate of drug-likeness (QED) is 0.160. The number of aryl methyl sites for hydroxylation is 1. The number of aromatic nitrogens is 2. The summed E-state index contributed by atoms with van der Waals surface area (Å²) in [5.41, 5.74) is 17.0. The Morgan fingerprint density at radius 2 is 1.38 bits per heavy atom. The molecular weight excluding hydrogens is 765 g/mol. The molecule has 5 aromatic carbocycles. The van der Waals surface area contributed by atoms with Gasteiger partial charge in [0.1, 0.15) is 0 Å². The van der Waals surface area contributed by atoms with E-state index in [4.69, 9.17) is 4.98 Å². The summed E-state index contributed by atoms with van der Waals surface area (Å²) in [6, 6.07) is 47.2. The fraction of sp³-hybridized carbons (Fsp3) is 0.136. The van der Waals surface area contributed by atoms with E-state index in [2.05, 4.69) is 221 Å². The zero-order chi connectivity index (χ0) is 41.7. The second-order valence-corrected chi connectivity index (χ2v) is 17.5. The smallest absolute Gasteiger partial charge is 0.0537 e. The van der Waals surface area contributed by atoms with E-state index >= 15 is 0 Å². The van der Waals surface area contributed by atoms with Crippen LogP contribution in [0.15, 0.2) is 218 Å². The van der Waals surface area contributed by atoms with Crippen LogP contribution in [0.3, 0.4) is 0 Å². The number of allylic oxidation sites excluding steroid dienone is 11. The maximum Gasteiger partial charge on any atom is 0.0537 e. The first-order valence-electron chi connectivity index (χ1n) is 22.5. The Balaban J connectivity index is 0.975. The van der Waals surface area contributed by atoms with Crippen LogP contribution in [0.2, 0.25) is 0 Å². The van der Waals surface area contributed by atoms with Crippen molar-refractivity contribution >= 4 is 39.7 Å². The summed E-state index contributed by atoms with van der Waals surface area (Å²) in [4.78, 5) is 9.86. The van der Waals surface area contributed by atoms with Gasteiger partial charge in [0.05, 0.1) is 5.52 Å². The molecule has 1 saturated carbocycles. The van der Waals surface area contributed by atoms with E-state index in [1.165, 1.54) is 51.9 Å². The number of rotatable bonds is 7. The third kappa shape index (κ3) is 6.65. The molecule has 0 amide bonds. The van der Waals surface area contributed by atoms with Crippen molar-refractivity contribution in [3.63, 3.8) is 0 Å². The molecule has 1 aliphatic heterocycles. The minimum atomic E-state index is 0.0907. The average molecular weight is 813 g/mol. The molecule has 4 aliphatic carbocycles. The SMILES string of the molecule is C1=CC2C=CC=C(N(c3ccccc3)c3ccc(-c4cncc(-c5cc(N6C/C=C\C=C/C7(CC7)c7ccccc76)cc(-n6c7c(c8ccccc86)CCC=C7)c5)c4)cc3)C2C=C1. The molecule has 304 valence electrons. The molecule has 2 atom stereocenters. The second kappa shape index (κ2) is 15.5. The minimum Gasteiger partial charge on any atom is -0.337 e. The Kier molecular flexibility index (Phi) is 9.18. The number of nitrogens with zero attached hydrogens (tertiary/aromatic N) is 4. The van der Waals surface area contributed by atoms with Crippen LogP contribution in [-0.4, -0.2) is 16.1 Å². The molecular formula is C59H48N4. The Bertz CT molecular complexity index is 3110. The van der Waals surface area contributed by atoms with E-state index in [0.717, 1.165) is 64.4 Å². The third-order valence-electron chi connectivity index (χ3n) is 13.7. The number of para-hydroxylation sites is 3. The molecule has 1 spiro atoms. The molecule has 2 unspecified atom stereocenters. The lowest BCUT2D eigenvalue weighted by atomic mass is 9.82. The highest BCUT2D eigenvalue weighted by atomic mass is 15.2. The highest BCUT2D eigenvalue weighted by Crippen LogP contribution is 2.54. The molecule has 63 heavy (non-hydrogen) atoms. The summed E-state index contributed by atoms with van der Waals surface area (Å²) in [5.74, 6) is 0.615. The normalized spacial score (nSPS) is 19.9. The van der Waals surface area contributed by atoms with Crippen LogP contribution in [0.5, 0.6) is 0 Å². The van der Waals surface area contributed by atoms with Gasteiger partial charge in [-0.15, -0.1) is 0 Å². The molecule has 12 rings (SSSR count). The molecule has 4 heteroatoms. The molecule has 7 aromatic rings. The standard InChI is InChI=1S/C59H48N4/c1-3-18-47(19-4-1)62(55-27-15-17-43-16-5-6-20-51(43)55)48-30-28-42(29-31-48)45-36-46(41-60-40-45)44-37-49(61-35-14-2-13-32-59(33-34-59)54-23-9-12-26-58(54)61)39-50(38-44)63-56-24-10-7-21-52(56)53-22-8-11-25-57(53)63/h1-7,9-21,23-32,36-41,43,51H,8,22,33-35H2/b14-2-,32-13-. The van der Waals surface area contributed by atoms with Gasteiger partial charge in [-0.2, -0.15) is 0 Å². The van der Waals surface area contributed by atoms with Gasteiger partial charge in [0.2, 0.25) is 0 Å². The summed E-state index contributed by atoms with van der Waals surface area (Å²) >= 11 is 0. The second-order valence-electron chi connectivity index (χ2n) is 17.5. The van der Waals surface area contributed by atoms with Crippen LogP contribution < -0.4 is 9.80 Å². The minimum absolute atomic E-state index is 0.0907. The number of hydrogen-bond acceptors (Lipinski definition) is 3. The van der Waals surface area contributed by atoms with E-state index in [-0.39, 0.29) is 11.3 Å². The highest BCUT2D eigenvalue weighted by molar-refractivity contribution is 5.92. The summed E-state index contributed by atoms with van der Waals surface area (Å²) in [6.45, 7) is 0.761. The van der Waals surface area contributed by atoms with Crippen molar-refractivity contribution in [2.75, 3.05) is 16.3 Å². The summed E-state index contributed by atoms with van der Waals surface area (Å²) in [5, 5.41) is 1.34. The van der Waals surface area contributed by atoms with Crippen LogP contribution in [0.25, 0.3) is 44.9 Å². The average Bonchev–Trinajstić information content (AvgIpc) is 4.05. The van der Waals surface area contributed by atoms with Gasteiger partial charge in [0.25, 0.3) is 0 Å². The van der Waals surface area contributed by atoms with Crippen LogP contribution in [0, 0.1) is 11.8 Å². The predicted octanol–water partition coefficient (Wildman–Crippen LogP) is 14.6. The van der Waals surface area contributed by atoms with E-state index in [0.29, 0.717) is 5.92 Å². The largest absolute Gasteiger partial charge is 0.337 e. The lowest BCUT2D eigenvalue weighted by Gasteiger charge is -2.36. The van der Waals surface area contributed by atoms with Gasteiger partial charge in [0, 0.05) is 92.5 Å². The number of pyridine rings is 1. The van der Waals surface area contributed by atoms with E-state index in [1.807, 2.05) is 12.4 Å². The Morgan fingerprint density at radius 1 is 0.619 bits per heavy atom. The number of anilines is 4. The molecule has 0 N–H and O–H groups in total. The molecule has 4 nitrogen and oxygen atoms in total. The lowest BCUT2D eigenvalue weighted by molar-refractivity contribution is 0.612. The zero-order valence-electron chi connectivity index (χ0n) is 35.3. The molecule has 3 heterocycles. The van der Waals surface area contributed by atoms with E-state index in [9.17, 15) is 0 Å². The van der Waals surface area contributed by atoms with Crippen molar-refractivity contribution in [2.24, 2.45) is 11.8 Å². The van der Waals surface area contributed by atoms with E-state index < -0.39 is 0 Å². The van der Waals surface area contributed by atoms with Crippen LogP contribution in [-0.2, 0) is 11.8 Å². The van der Waals surface area contributed by atoms with Gasteiger partial charge in [-0.1, -0.05) is 134 Å². The van der Waals surface area contributed by atoms with Crippen LogP contribution in [0.1, 0.15) is 36.1 Å². The molecule has 1 fully saturated rings. The first-order chi connectivity index (χ1) is 31.2. The number of hydrogen-bond donors (Lipinski definition) is 0. The Hall–Kier alpha value is -7.43. The first kappa shape index (κ1) is 37.3. The molecule has 0 bridgehead atoms. The predicted molar refractivity (Wildman–Crippen MR) is 263 cm³/mol. The van der Waals surface area contributed by atoms with Gasteiger partial charge in [-0.25, -0.2) is 0 Å². The van der Waals surface area contributed by atoms with Gasteiger partial charge in [0.15, 0.2) is 0 Å². The van der Waals surface area contributed by atoms with Crippen molar-refractivity contribution in [1.29, 1.82) is 0 Å². The first-order valence-corrected chi connectivity index (χ1v) is 22.5. The summed E-state index contributed by atoms with van der Waals surface area (Å²) in [6.07, 6.45) is 38.1. The summed E-state index contributed by atoms with van der Waals surface area (Å²) < 4.78 is 2.49. The number of fused-ring (bicyclic) bond motifs is 6. The van der Waals surface area contributed by atoms with Crippen molar-refractivity contribution < 1.29 is 0 Å². The summed E-state index contributed by atoms with van der Waals surface area (Å²) in [7, 11) is 0. The highest BCUT2D eigenvalue weighted by Gasteiger charge is 2.44. The van der Waals surface area contributed by atoms with Crippen molar-refractivity contribution in [1.82, 2.24) is 9.55 Å². The topological polar surface area (TPSA) is 24.3 Å². The molecule has 0 radical (unpaired) electrons. The maximum absolute atomic E-state index is 4.93. The van der Waals surface area contributed by atoms with Gasteiger partial charge in [-0.3, -0.25) is 4.98 Å². The van der Waals surface area contributed by atoms with Crippen LogP contribution >= 0.6 is 0 Å². The lowest BCUT2D eigenvalue weighted by Crippen LogP contribution is -2.27. The zero-order valence-corrected chi connectivity index (χ0v) is 35.3. The molecule has 0 saturated heterocycles. The van der Waals surface area contributed by atoms with Gasteiger partial charge >= 0.3 is 0 Å². The van der Waals surface area contributed by atoms with Crippen molar-refractivity contribution in [3.05, 3.63) is 235 Å². The van der Waals surface area contributed by atoms with Crippen molar-refractivity contribution in [3.8, 4) is 27.9 Å². The van der Waals surface area contributed by atoms with Gasteiger partial charge in [-0.05, 0) is 121 Å².